The Hall–Kier alpha value is -1.03. The fourth-order valence-electron chi connectivity index (χ4n) is 1.84. The molecule has 0 aliphatic rings. The first-order chi connectivity index (χ1) is 9.84. The van der Waals surface area contributed by atoms with Gasteiger partial charge in [0.25, 0.3) is 0 Å². The van der Waals surface area contributed by atoms with Gasteiger partial charge < -0.3 is 10.4 Å². The Kier molecular flexibility index (Phi) is 7.23. The summed E-state index contributed by atoms with van der Waals surface area (Å²) in [5.74, 6) is -0.178. The molecule has 0 spiro atoms. The van der Waals surface area contributed by atoms with Crippen LogP contribution in [0.25, 0.3) is 6.08 Å². The zero-order chi connectivity index (χ0) is 15.9. The lowest BCUT2D eigenvalue weighted by atomic mass is 9.88. The highest BCUT2D eigenvalue weighted by Crippen LogP contribution is 2.22. The average Bonchev–Trinajstić information content (AvgIpc) is 2.44. The van der Waals surface area contributed by atoms with Crippen LogP contribution >= 0.6 is 23.2 Å². The molecular weight excluding hydrogens is 309 g/mol. The van der Waals surface area contributed by atoms with Crippen molar-refractivity contribution in [3.05, 3.63) is 39.9 Å². The third kappa shape index (κ3) is 6.98. The maximum atomic E-state index is 11.8. The van der Waals surface area contributed by atoms with Crippen LogP contribution in [0.2, 0.25) is 10.0 Å². The van der Waals surface area contributed by atoms with Crippen molar-refractivity contribution in [2.75, 3.05) is 13.2 Å². The molecule has 0 aliphatic carbocycles. The van der Waals surface area contributed by atoms with E-state index < -0.39 is 0 Å². The lowest BCUT2D eigenvalue weighted by Crippen LogP contribution is -2.33. The fourth-order valence-corrected chi connectivity index (χ4v) is 2.20. The smallest absolute Gasteiger partial charge is 0.244 e. The van der Waals surface area contributed by atoms with Crippen molar-refractivity contribution in [2.45, 2.75) is 26.7 Å². The number of carbonyl (C=O) groups is 1. The molecule has 1 rings (SSSR count). The van der Waals surface area contributed by atoms with Crippen LogP contribution in [0, 0.1) is 5.41 Å². The van der Waals surface area contributed by atoms with Crippen molar-refractivity contribution >= 4 is 35.2 Å². The molecule has 116 valence electrons. The van der Waals surface area contributed by atoms with E-state index in [1.54, 1.807) is 24.3 Å². The molecule has 0 saturated carbocycles. The van der Waals surface area contributed by atoms with Gasteiger partial charge in [0.05, 0.1) is 0 Å². The number of nitrogens with one attached hydrogen (secondary N) is 1. The summed E-state index contributed by atoms with van der Waals surface area (Å²) in [4.78, 5) is 11.8. The SMILES string of the molecule is CC(C)(CCCO)CNC(=O)/C=C/c1cc(Cl)ccc1Cl. The third-order valence-electron chi connectivity index (χ3n) is 3.13. The van der Waals surface area contributed by atoms with E-state index in [0.717, 1.165) is 12.8 Å². The quantitative estimate of drug-likeness (QED) is 0.745. The molecule has 0 bridgehead atoms. The average molecular weight is 330 g/mol. The summed E-state index contributed by atoms with van der Waals surface area (Å²) >= 11 is 11.9. The Bertz CT molecular complexity index is 513. The summed E-state index contributed by atoms with van der Waals surface area (Å²) < 4.78 is 0. The van der Waals surface area contributed by atoms with E-state index in [0.29, 0.717) is 22.2 Å². The Morgan fingerprint density at radius 2 is 2.10 bits per heavy atom. The minimum Gasteiger partial charge on any atom is -0.396 e. The van der Waals surface area contributed by atoms with E-state index >= 15 is 0 Å². The molecule has 5 heteroatoms. The van der Waals surface area contributed by atoms with Gasteiger partial charge in [-0.3, -0.25) is 4.79 Å². The van der Waals surface area contributed by atoms with Crippen molar-refractivity contribution < 1.29 is 9.90 Å². The second-order valence-corrected chi connectivity index (χ2v) is 6.55. The monoisotopic (exact) mass is 329 g/mol. The number of aliphatic hydroxyl groups is 1. The van der Waals surface area contributed by atoms with Gasteiger partial charge in [-0.1, -0.05) is 37.0 Å². The minimum atomic E-state index is -0.178. The number of halogens is 2. The van der Waals surface area contributed by atoms with E-state index in [4.69, 9.17) is 28.3 Å². The molecule has 2 N–H and O–H groups in total. The van der Waals surface area contributed by atoms with Crippen LogP contribution in [0.4, 0.5) is 0 Å². The van der Waals surface area contributed by atoms with E-state index in [9.17, 15) is 4.79 Å². The molecule has 0 aliphatic heterocycles. The van der Waals surface area contributed by atoms with Gasteiger partial charge in [0.1, 0.15) is 0 Å². The van der Waals surface area contributed by atoms with E-state index in [1.807, 2.05) is 0 Å². The van der Waals surface area contributed by atoms with Gasteiger partial charge in [-0.05, 0) is 48.1 Å². The van der Waals surface area contributed by atoms with Gasteiger partial charge in [0.2, 0.25) is 5.91 Å². The summed E-state index contributed by atoms with van der Waals surface area (Å²) in [5, 5.41) is 12.8. The number of amides is 1. The Morgan fingerprint density at radius 1 is 1.38 bits per heavy atom. The van der Waals surface area contributed by atoms with Crippen molar-refractivity contribution in [1.82, 2.24) is 5.32 Å². The van der Waals surface area contributed by atoms with Crippen LogP contribution in [0.1, 0.15) is 32.3 Å². The summed E-state index contributed by atoms with van der Waals surface area (Å²) in [7, 11) is 0. The van der Waals surface area contributed by atoms with Crippen LogP contribution in [-0.2, 0) is 4.79 Å². The zero-order valence-electron chi connectivity index (χ0n) is 12.3. The first-order valence-corrected chi connectivity index (χ1v) is 7.61. The number of rotatable bonds is 7. The van der Waals surface area contributed by atoms with E-state index in [1.165, 1.54) is 6.08 Å². The van der Waals surface area contributed by atoms with Crippen molar-refractivity contribution in [1.29, 1.82) is 0 Å². The van der Waals surface area contributed by atoms with Gasteiger partial charge in [0.15, 0.2) is 0 Å². The van der Waals surface area contributed by atoms with Gasteiger partial charge in [-0.2, -0.15) is 0 Å². The predicted molar refractivity (Wildman–Crippen MR) is 88.6 cm³/mol. The number of hydrogen-bond donors (Lipinski definition) is 2. The normalized spacial score (nSPS) is 11.9. The topological polar surface area (TPSA) is 49.3 Å². The molecule has 1 aromatic rings. The second kappa shape index (κ2) is 8.42. The maximum absolute atomic E-state index is 11.8. The molecular formula is C16H21Cl2NO2. The Balaban J connectivity index is 2.53. The Morgan fingerprint density at radius 3 is 2.76 bits per heavy atom. The highest BCUT2D eigenvalue weighted by Gasteiger charge is 2.17. The summed E-state index contributed by atoms with van der Waals surface area (Å²) in [6.45, 7) is 4.84. The number of hydrogen-bond acceptors (Lipinski definition) is 2. The van der Waals surface area contributed by atoms with Gasteiger partial charge >= 0.3 is 0 Å². The zero-order valence-corrected chi connectivity index (χ0v) is 13.8. The summed E-state index contributed by atoms with van der Waals surface area (Å²) in [6, 6.07) is 5.10. The molecule has 0 fully saturated rings. The molecule has 0 atom stereocenters. The van der Waals surface area contributed by atoms with Crippen molar-refractivity contribution in [3.8, 4) is 0 Å². The maximum Gasteiger partial charge on any atom is 0.244 e. The van der Waals surface area contributed by atoms with Crippen molar-refractivity contribution in [2.24, 2.45) is 5.41 Å². The van der Waals surface area contributed by atoms with Crippen LogP contribution in [0.15, 0.2) is 24.3 Å². The second-order valence-electron chi connectivity index (χ2n) is 5.71. The molecule has 0 saturated heterocycles. The minimum absolute atomic E-state index is 0.0417. The molecule has 21 heavy (non-hydrogen) atoms. The van der Waals surface area contributed by atoms with Gasteiger partial charge in [-0.25, -0.2) is 0 Å². The van der Waals surface area contributed by atoms with E-state index in [2.05, 4.69) is 19.2 Å². The molecule has 3 nitrogen and oxygen atoms in total. The van der Waals surface area contributed by atoms with Crippen LogP contribution in [0.5, 0.6) is 0 Å². The Labute approximate surface area is 136 Å². The lowest BCUT2D eigenvalue weighted by Gasteiger charge is -2.24. The standard InChI is InChI=1S/C16H21Cl2NO2/c1-16(2,8-3-9-20)11-19-15(21)7-4-12-10-13(17)5-6-14(12)18/h4-7,10,20H,3,8-9,11H2,1-2H3,(H,19,21)/b7-4+. The van der Waals surface area contributed by atoms with E-state index in [-0.39, 0.29) is 17.9 Å². The molecule has 0 radical (unpaired) electrons. The number of carbonyl (C=O) groups excluding carboxylic acids is 1. The van der Waals surface area contributed by atoms with Gasteiger partial charge in [-0.15, -0.1) is 0 Å². The lowest BCUT2D eigenvalue weighted by molar-refractivity contribution is -0.116. The molecule has 0 heterocycles. The summed E-state index contributed by atoms with van der Waals surface area (Å²) in [6.07, 6.45) is 4.67. The highest BCUT2D eigenvalue weighted by atomic mass is 35.5. The molecule has 1 amide bonds. The first-order valence-electron chi connectivity index (χ1n) is 6.86. The first kappa shape index (κ1) is 18.0. The third-order valence-corrected chi connectivity index (χ3v) is 3.70. The number of benzene rings is 1. The fraction of sp³-hybridized carbons (Fsp3) is 0.438. The molecule has 1 aromatic carbocycles. The molecule has 0 unspecified atom stereocenters. The van der Waals surface area contributed by atoms with Crippen molar-refractivity contribution in [3.63, 3.8) is 0 Å². The molecule has 0 aromatic heterocycles. The predicted octanol–water partition coefficient (Wildman–Crippen LogP) is 3.92. The van der Waals surface area contributed by atoms with Crippen LogP contribution < -0.4 is 5.32 Å². The number of aliphatic hydroxyl groups excluding tert-OH is 1. The highest BCUT2D eigenvalue weighted by molar-refractivity contribution is 6.34. The van der Waals surface area contributed by atoms with Crippen LogP contribution in [0.3, 0.4) is 0 Å². The largest absolute Gasteiger partial charge is 0.396 e. The summed E-state index contributed by atoms with van der Waals surface area (Å²) in [5.41, 5.74) is 0.666. The van der Waals surface area contributed by atoms with Gasteiger partial charge in [0, 0.05) is 29.3 Å². The van der Waals surface area contributed by atoms with Crippen LogP contribution in [-0.4, -0.2) is 24.2 Å².